The van der Waals surface area contributed by atoms with E-state index in [1.807, 2.05) is 44.2 Å². The summed E-state index contributed by atoms with van der Waals surface area (Å²) in [7, 11) is 0. The van der Waals surface area contributed by atoms with Gasteiger partial charge < -0.3 is 15.3 Å². The smallest absolute Gasteiger partial charge is 0.225 e. The van der Waals surface area contributed by atoms with E-state index in [1.54, 1.807) is 4.90 Å². The lowest BCUT2D eigenvalue weighted by atomic mass is 10.0. The van der Waals surface area contributed by atoms with Gasteiger partial charge in [-0.3, -0.25) is 9.59 Å². The highest BCUT2D eigenvalue weighted by Crippen LogP contribution is 2.19. The minimum absolute atomic E-state index is 0.0335. The molecule has 1 fully saturated rings. The predicted octanol–water partition coefficient (Wildman–Crippen LogP) is 1.21. The highest BCUT2D eigenvalue weighted by molar-refractivity contribution is 5.89. The normalized spacial score (nSPS) is 19.2. The first kappa shape index (κ1) is 17.5. The minimum Gasteiger partial charge on any atom is -0.394 e. The number of rotatable bonds is 7. The van der Waals surface area contributed by atoms with E-state index in [2.05, 4.69) is 5.32 Å². The van der Waals surface area contributed by atoms with Crippen molar-refractivity contribution in [3.05, 3.63) is 35.9 Å². The Hall–Kier alpha value is -1.88. The van der Waals surface area contributed by atoms with Gasteiger partial charge in [0, 0.05) is 19.5 Å². The van der Waals surface area contributed by atoms with Crippen molar-refractivity contribution in [1.29, 1.82) is 0 Å². The Balaban J connectivity index is 1.85. The van der Waals surface area contributed by atoms with Crippen LogP contribution in [0.2, 0.25) is 0 Å². The van der Waals surface area contributed by atoms with Crippen LogP contribution in [0, 0.1) is 11.8 Å². The molecule has 0 saturated carbocycles. The predicted molar refractivity (Wildman–Crippen MR) is 88.7 cm³/mol. The number of nitrogens with zero attached hydrogens (tertiary/aromatic N) is 1. The Morgan fingerprint density at radius 3 is 2.65 bits per heavy atom. The third-order valence-electron chi connectivity index (χ3n) is 4.43. The van der Waals surface area contributed by atoms with Crippen LogP contribution >= 0.6 is 0 Å². The summed E-state index contributed by atoms with van der Waals surface area (Å²) >= 11 is 0. The maximum atomic E-state index is 12.3. The SMILES string of the molecule is CC(C)C(CO)NC(=O)C1CC(=O)N(CCc2ccccc2)C1. The van der Waals surface area contributed by atoms with E-state index < -0.39 is 0 Å². The molecule has 2 amide bonds. The Labute approximate surface area is 137 Å². The summed E-state index contributed by atoms with van der Waals surface area (Å²) in [5, 5.41) is 12.2. The average molecular weight is 318 g/mol. The molecule has 5 heteroatoms. The van der Waals surface area contributed by atoms with Gasteiger partial charge in [0.1, 0.15) is 0 Å². The summed E-state index contributed by atoms with van der Waals surface area (Å²) in [6, 6.07) is 9.77. The third kappa shape index (κ3) is 4.79. The first-order valence-electron chi connectivity index (χ1n) is 8.24. The van der Waals surface area contributed by atoms with Crippen LogP contribution in [0.25, 0.3) is 0 Å². The van der Waals surface area contributed by atoms with Crippen LogP contribution in [0.3, 0.4) is 0 Å². The van der Waals surface area contributed by atoms with Gasteiger partial charge in [-0.2, -0.15) is 0 Å². The summed E-state index contributed by atoms with van der Waals surface area (Å²) < 4.78 is 0. The second-order valence-corrected chi connectivity index (χ2v) is 6.52. The molecule has 0 aromatic heterocycles. The fourth-order valence-corrected chi connectivity index (χ4v) is 2.80. The van der Waals surface area contributed by atoms with Crippen molar-refractivity contribution < 1.29 is 14.7 Å². The molecule has 1 aliphatic rings. The van der Waals surface area contributed by atoms with Crippen LogP contribution in [0.4, 0.5) is 0 Å². The van der Waals surface area contributed by atoms with Gasteiger partial charge in [-0.25, -0.2) is 0 Å². The summed E-state index contributed by atoms with van der Waals surface area (Å²) in [5.41, 5.74) is 1.19. The largest absolute Gasteiger partial charge is 0.394 e. The second-order valence-electron chi connectivity index (χ2n) is 6.52. The van der Waals surface area contributed by atoms with E-state index in [-0.39, 0.29) is 42.7 Å². The number of hydrogen-bond acceptors (Lipinski definition) is 3. The number of amides is 2. The molecule has 0 radical (unpaired) electrons. The summed E-state index contributed by atoms with van der Waals surface area (Å²) in [6.45, 7) is 4.93. The van der Waals surface area contributed by atoms with Gasteiger partial charge in [0.25, 0.3) is 0 Å². The molecule has 1 aromatic rings. The lowest BCUT2D eigenvalue weighted by Gasteiger charge is -2.22. The number of nitrogens with one attached hydrogen (secondary N) is 1. The number of aliphatic hydroxyl groups is 1. The highest BCUT2D eigenvalue weighted by Gasteiger charge is 2.34. The molecule has 23 heavy (non-hydrogen) atoms. The Morgan fingerprint density at radius 2 is 2.04 bits per heavy atom. The molecule has 1 aromatic carbocycles. The number of aliphatic hydroxyl groups excluding tert-OH is 1. The molecule has 2 atom stereocenters. The van der Waals surface area contributed by atoms with E-state index in [0.29, 0.717) is 13.1 Å². The Bertz CT molecular complexity index is 530. The molecule has 5 nitrogen and oxygen atoms in total. The van der Waals surface area contributed by atoms with Crippen molar-refractivity contribution >= 4 is 11.8 Å². The Morgan fingerprint density at radius 1 is 1.35 bits per heavy atom. The fourth-order valence-electron chi connectivity index (χ4n) is 2.80. The Kier molecular flexibility index (Phi) is 6.16. The van der Waals surface area contributed by atoms with Crippen molar-refractivity contribution in [2.45, 2.75) is 32.7 Å². The molecule has 0 spiro atoms. The van der Waals surface area contributed by atoms with Gasteiger partial charge in [0.05, 0.1) is 18.6 Å². The zero-order chi connectivity index (χ0) is 16.8. The molecule has 1 heterocycles. The van der Waals surface area contributed by atoms with Gasteiger partial charge >= 0.3 is 0 Å². The van der Waals surface area contributed by atoms with Gasteiger partial charge in [-0.1, -0.05) is 44.2 Å². The summed E-state index contributed by atoms with van der Waals surface area (Å²) in [4.78, 5) is 26.1. The number of benzene rings is 1. The molecule has 126 valence electrons. The van der Waals surface area contributed by atoms with E-state index in [0.717, 1.165) is 6.42 Å². The molecule has 1 aliphatic heterocycles. The number of likely N-dealkylation sites (tertiary alicyclic amines) is 1. The van der Waals surface area contributed by atoms with Crippen LogP contribution < -0.4 is 5.32 Å². The van der Waals surface area contributed by atoms with Gasteiger partial charge in [-0.15, -0.1) is 0 Å². The van der Waals surface area contributed by atoms with E-state index in [9.17, 15) is 14.7 Å². The molecule has 0 bridgehead atoms. The lowest BCUT2D eigenvalue weighted by Crippen LogP contribution is -2.44. The van der Waals surface area contributed by atoms with Crippen molar-refractivity contribution in [2.75, 3.05) is 19.7 Å². The number of carbonyl (C=O) groups excluding carboxylic acids is 2. The first-order valence-corrected chi connectivity index (χ1v) is 8.24. The lowest BCUT2D eigenvalue weighted by molar-refractivity contribution is -0.129. The van der Waals surface area contributed by atoms with Crippen molar-refractivity contribution in [1.82, 2.24) is 10.2 Å². The van der Waals surface area contributed by atoms with E-state index in [1.165, 1.54) is 5.56 Å². The topological polar surface area (TPSA) is 69.6 Å². The highest BCUT2D eigenvalue weighted by atomic mass is 16.3. The van der Waals surface area contributed by atoms with Gasteiger partial charge in [0.2, 0.25) is 11.8 Å². The molecule has 2 N–H and O–H groups in total. The van der Waals surface area contributed by atoms with E-state index in [4.69, 9.17) is 0 Å². The average Bonchev–Trinajstić information content (AvgIpc) is 2.92. The fraction of sp³-hybridized carbons (Fsp3) is 0.556. The molecular weight excluding hydrogens is 292 g/mol. The molecular formula is C18H26N2O3. The molecule has 2 unspecified atom stereocenters. The molecule has 2 rings (SSSR count). The van der Waals surface area contributed by atoms with Crippen molar-refractivity contribution in [3.8, 4) is 0 Å². The second kappa shape index (κ2) is 8.11. The summed E-state index contributed by atoms with van der Waals surface area (Å²) in [6.07, 6.45) is 1.06. The van der Waals surface area contributed by atoms with Crippen molar-refractivity contribution in [2.24, 2.45) is 11.8 Å². The van der Waals surface area contributed by atoms with Crippen LogP contribution in [0.5, 0.6) is 0 Å². The monoisotopic (exact) mass is 318 g/mol. The molecule has 1 saturated heterocycles. The van der Waals surface area contributed by atoms with Crippen LogP contribution in [-0.2, 0) is 16.0 Å². The van der Waals surface area contributed by atoms with E-state index >= 15 is 0 Å². The third-order valence-corrected chi connectivity index (χ3v) is 4.43. The first-order chi connectivity index (χ1) is 11.0. The standard InChI is InChI=1S/C18H26N2O3/c1-13(2)16(12-21)19-18(23)15-10-17(22)20(11-15)9-8-14-6-4-3-5-7-14/h3-7,13,15-16,21H,8-12H2,1-2H3,(H,19,23). The quantitative estimate of drug-likeness (QED) is 0.794. The zero-order valence-corrected chi connectivity index (χ0v) is 13.9. The van der Waals surface area contributed by atoms with Crippen LogP contribution in [0.1, 0.15) is 25.8 Å². The molecule has 0 aliphatic carbocycles. The minimum atomic E-state index is -0.314. The van der Waals surface area contributed by atoms with Crippen LogP contribution in [-0.4, -0.2) is 47.6 Å². The van der Waals surface area contributed by atoms with Gasteiger partial charge in [-0.05, 0) is 17.9 Å². The van der Waals surface area contributed by atoms with Crippen molar-refractivity contribution in [3.63, 3.8) is 0 Å². The van der Waals surface area contributed by atoms with Crippen LogP contribution in [0.15, 0.2) is 30.3 Å². The maximum absolute atomic E-state index is 12.3. The zero-order valence-electron chi connectivity index (χ0n) is 13.9. The number of carbonyl (C=O) groups is 2. The maximum Gasteiger partial charge on any atom is 0.225 e. The summed E-state index contributed by atoms with van der Waals surface area (Å²) in [5.74, 6) is -0.249. The van der Waals surface area contributed by atoms with Gasteiger partial charge in [0.15, 0.2) is 0 Å². The number of hydrogen-bond donors (Lipinski definition) is 2.